The molecule has 0 atom stereocenters. The number of phenols is 1. The van der Waals surface area contributed by atoms with E-state index in [0.29, 0.717) is 12.4 Å². The van der Waals surface area contributed by atoms with E-state index in [2.05, 4.69) is 0 Å². The highest BCUT2D eigenvalue weighted by atomic mass is 16.5. The quantitative estimate of drug-likeness (QED) is 0.758. The molecule has 0 aliphatic rings. The van der Waals surface area contributed by atoms with Gasteiger partial charge in [-0.2, -0.15) is 0 Å². The van der Waals surface area contributed by atoms with Gasteiger partial charge in [0.25, 0.3) is 0 Å². The fraction of sp³-hybridized carbons (Fsp3) is 0.455. The van der Waals surface area contributed by atoms with Crippen LogP contribution in [0.3, 0.4) is 0 Å². The first-order valence-electron chi connectivity index (χ1n) is 4.39. The van der Waals surface area contributed by atoms with Crippen LogP contribution >= 0.6 is 0 Å². The van der Waals surface area contributed by atoms with Crippen molar-refractivity contribution >= 4 is 0 Å². The van der Waals surface area contributed by atoms with Crippen molar-refractivity contribution in [2.75, 3.05) is 0 Å². The highest BCUT2D eigenvalue weighted by Gasteiger charge is 2.09. The van der Waals surface area contributed by atoms with Gasteiger partial charge in [-0.25, -0.2) is 0 Å². The van der Waals surface area contributed by atoms with Gasteiger partial charge >= 0.3 is 0 Å². The molecule has 2 nitrogen and oxygen atoms in total. The zero-order valence-corrected chi connectivity index (χ0v) is 8.37. The topological polar surface area (TPSA) is 29.5 Å². The minimum absolute atomic E-state index is 0.113. The van der Waals surface area contributed by atoms with Gasteiger partial charge in [-0.15, -0.1) is 0 Å². The van der Waals surface area contributed by atoms with Crippen LogP contribution in [-0.4, -0.2) is 10.7 Å². The van der Waals surface area contributed by atoms with Crippen molar-refractivity contribution in [2.45, 2.75) is 33.0 Å². The summed E-state index contributed by atoms with van der Waals surface area (Å²) >= 11 is 0. The van der Waals surface area contributed by atoms with Gasteiger partial charge < -0.3 is 9.84 Å². The van der Waals surface area contributed by atoms with Crippen molar-refractivity contribution in [1.82, 2.24) is 0 Å². The van der Waals surface area contributed by atoms with Crippen LogP contribution in [0.2, 0.25) is 0 Å². The molecule has 0 unspecified atom stereocenters. The lowest BCUT2D eigenvalue weighted by Crippen LogP contribution is -2.18. The summed E-state index contributed by atoms with van der Waals surface area (Å²) < 4.78 is 5.57. The van der Waals surface area contributed by atoms with E-state index < -0.39 is 0 Å². The summed E-state index contributed by atoms with van der Waals surface area (Å²) in [6.45, 7) is 6.65. The summed E-state index contributed by atoms with van der Waals surface area (Å²) in [7, 11) is 0. The number of aromatic hydroxyl groups is 1. The van der Waals surface area contributed by atoms with E-state index in [1.807, 2.05) is 32.9 Å². The molecule has 0 saturated carbocycles. The highest BCUT2D eigenvalue weighted by molar-refractivity contribution is 5.25. The smallest absolute Gasteiger partial charge is 0.115 e. The van der Waals surface area contributed by atoms with Crippen molar-refractivity contribution in [3.63, 3.8) is 0 Å². The Morgan fingerprint density at radius 1 is 1.15 bits per heavy atom. The van der Waals surface area contributed by atoms with E-state index in [0.717, 1.165) is 5.56 Å². The highest BCUT2D eigenvalue weighted by Crippen LogP contribution is 2.14. The second-order valence-corrected chi connectivity index (χ2v) is 4.07. The summed E-state index contributed by atoms with van der Waals surface area (Å²) in [6, 6.07) is 7.06. The van der Waals surface area contributed by atoms with Gasteiger partial charge in [0.05, 0.1) is 12.2 Å². The molecule has 0 amide bonds. The third-order valence-electron chi connectivity index (χ3n) is 1.61. The molecular weight excluding hydrogens is 164 g/mol. The molecule has 2 heteroatoms. The van der Waals surface area contributed by atoms with Crippen molar-refractivity contribution in [3.8, 4) is 5.75 Å². The lowest BCUT2D eigenvalue weighted by Gasteiger charge is -2.19. The van der Waals surface area contributed by atoms with E-state index in [9.17, 15) is 0 Å². The zero-order chi connectivity index (χ0) is 9.90. The minimum Gasteiger partial charge on any atom is -0.508 e. The average Bonchev–Trinajstić information content (AvgIpc) is 2.02. The average molecular weight is 180 g/mol. The third kappa shape index (κ3) is 3.95. The van der Waals surface area contributed by atoms with Gasteiger partial charge in [0.1, 0.15) is 5.75 Å². The van der Waals surface area contributed by atoms with E-state index in [4.69, 9.17) is 9.84 Å². The van der Waals surface area contributed by atoms with Crippen LogP contribution in [0.25, 0.3) is 0 Å². The van der Waals surface area contributed by atoms with Crippen LogP contribution in [0, 0.1) is 0 Å². The summed E-state index contributed by atoms with van der Waals surface area (Å²) in [6.07, 6.45) is 0. The van der Waals surface area contributed by atoms with Crippen LogP contribution in [0.15, 0.2) is 24.3 Å². The molecule has 0 aromatic heterocycles. The molecule has 1 rings (SSSR count). The van der Waals surface area contributed by atoms with Crippen LogP contribution in [-0.2, 0) is 11.3 Å². The van der Waals surface area contributed by atoms with E-state index in [1.54, 1.807) is 12.1 Å². The van der Waals surface area contributed by atoms with Crippen molar-refractivity contribution in [1.29, 1.82) is 0 Å². The van der Waals surface area contributed by atoms with Gasteiger partial charge in [-0.05, 0) is 38.5 Å². The van der Waals surface area contributed by atoms with Gasteiger partial charge in [0, 0.05) is 0 Å². The molecule has 0 aliphatic carbocycles. The maximum Gasteiger partial charge on any atom is 0.115 e. The first-order chi connectivity index (χ1) is 5.97. The van der Waals surface area contributed by atoms with Gasteiger partial charge in [0.2, 0.25) is 0 Å². The molecular formula is C11H16O2. The van der Waals surface area contributed by atoms with Crippen LogP contribution in [0.1, 0.15) is 26.3 Å². The fourth-order valence-corrected chi connectivity index (χ4v) is 0.892. The Kier molecular flexibility index (Phi) is 2.94. The summed E-state index contributed by atoms with van der Waals surface area (Å²) in [4.78, 5) is 0. The molecule has 0 heterocycles. The molecule has 0 saturated heterocycles. The molecule has 13 heavy (non-hydrogen) atoms. The maximum atomic E-state index is 9.04. The van der Waals surface area contributed by atoms with Gasteiger partial charge in [-0.3, -0.25) is 0 Å². The number of hydrogen-bond donors (Lipinski definition) is 1. The Morgan fingerprint density at radius 2 is 1.69 bits per heavy atom. The van der Waals surface area contributed by atoms with E-state index in [-0.39, 0.29) is 5.60 Å². The zero-order valence-electron chi connectivity index (χ0n) is 8.37. The molecule has 0 spiro atoms. The molecule has 0 fully saturated rings. The number of ether oxygens (including phenoxy) is 1. The van der Waals surface area contributed by atoms with Crippen LogP contribution in [0.5, 0.6) is 5.75 Å². The first-order valence-corrected chi connectivity index (χ1v) is 4.39. The Bertz CT molecular complexity index is 256. The summed E-state index contributed by atoms with van der Waals surface area (Å²) in [5.41, 5.74) is 0.963. The summed E-state index contributed by atoms with van der Waals surface area (Å²) in [5.74, 6) is 0.291. The number of phenolic OH excluding ortho intramolecular Hbond substituents is 1. The third-order valence-corrected chi connectivity index (χ3v) is 1.61. The van der Waals surface area contributed by atoms with Crippen LogP contribution < -0.4 is 0 Å². The fourth-order valence-electron chi connectivity index (χ4n) is 0.892. The van der Waals surface area contributed by atoms with E-state index in [1.165, 1.54) is 0 Å². The maximum absolute atomic E-state index is 9.04. The molecule has 1 N–H and O–H groups in total. The lowest BCUT2D eigenvalue weighted by atomic mass is 10.2. The molecule has 72 valence electrons. The van der Waals surface area contributed by atoms with Gasteiger partial charge in [0.15, 0.2) is 0 Å². The normalized spacial score (nSPS) is 11.6. The van der Waals surface area contributed by atoms with Crippen molar-refractivity contribution < 1.29 is 9.84 Å². The second-order valence-electron chi connectivity index (χ2n) is 4.07. The molecule has 0 aliphatic heterocycles. The largest absolute Gasteiger partial charge is 0.508 e. The molecule has 0 bridgehead atoms. The van der Waals surface area contributed by atoms with Gasteiger partial charge in [-0.1, -0.05) is 12.1 Å². The summed E-state index contributed by atoms with van der Waals surface area (Å²) in [5, 5.41) is 9.04. The Balaban J connectivity index is 2.51. The number of hydrogen-bond acceptors (Lipinski definition) is 2. The Labute approximate surface area is 79.2 Å². The monoisotopic (exact) mass is 180 g/mol. The Hall–Kier alpha value is -1.02. The standard InChI is InChI=1S/C11H16O2/c1-11(2,3)13-8-9-4-6-10(12)7-5-9/h4-7,12H,8H2,1-3H3. The lowest BCUT2D eigenvalue weighted by molar-refractivity contribution is -0.0149. The first kappa shape index (κ1) is 10.1. The van der Waals surface area contributed by atoms with Crippen molar-refractivity contribution in [2.24, 2.45) is 0 Å². The van der Waals surface area contributed by atoms with Crippen LogP contribution in [0.4, 0.5) is 0 Å². The van der Waals surface area contributed by atoms with Crippen molar-refractivity contribution in [3.05, 3.63) is 29.8 Å². The number of benzene rings is 1. The Morgan fingerprint density at radius 3 is 2.15 bits per heavy atom. The molecule has 0 radical (unpaired) electrons. The molecule has 1 aromatic rings. The predicted octanol–water partition coefficient (Wildman–Crippen LogP) is 2.71. The minimum atomic E-state index is -0.113. The van der Waals surface area contributed by atoms with E-state index >= 15 is 0 Å². The second kappa shape index (κ2) is 3.79. The molecule has 1 aromatic carbocycles. The predicted molar refractivity (Wildman–Crippen MR) is 52.6 cm³/mol. The number of rotatable bonds is 2. The SMILES string of the molecule is CC(C)(C)OCc1ccc(O)cc1.